The number of carbonyl (C=O) groups excluding carboxylic acids is 1. The number of ether oxygens (including phenoxy) is 2. The van der Waals surface area contributed by atoms with Gasteiger partial charge in [0, 0.05) is 30.8 Å². The molecule has 36 heavy (non-hydrogen) atoms. The molecular weight excluding hydrogens is 452 g/mol. The SMILES string of the molecule is C\C=C/C(=C\C=C\CC)c1cc2nc(OCC=O)cc(N3CCOCC3)n2n1.Cc1cccc(C)c1. The minimum absolute atomic E-state index is 0.0295. The number of benzene rings is 1. The summed E-state index contributed by atoms with van der Waals surface area (Å²) in [5, 5.41) is 4.80. The Labute approximate surface area is 213 Å². The van der Waals surface area contributed by atoms with Crippen LogP contribution in [0.3, 0.4) is 0 Å². The molecule has 4 rings (SSSR count). The molecule has 1 fully saturated rings. The van der Waals surface area contributed by atoms with E-state index < -0.39 is 0 Å². The lowest BCUT2D eigenvalue weighted by atomic mass is 10.1. The molecule has 0 spiro atoms. The van der Waals surface area contributed by atoms with Crippen LogP contribution in [0.1, 0.15) is 37.1 Å². The lowest BCUT2D eigenvalue weighted by Crippen LogP contribution is -2.37. The van der Waals surface area contributed by atoms with Crippen LogP contribution < -0.4 is 9.64 Å². The van der Waals surface area contributed by atoms with Crippen LogP contribution in [-0.4, -0.2) is 53.8 Å². The molecule has 1 aliphatic heterocycles. The van der Waals surface area contributed by atoms with E-state index >= 15 is 0 Å². The fraction of sp³-hybridized carbons (Fsp3) is 0.345. The molecule has 0 unspecified atom stereocenters. The van der Waals surface area contributed by atoms with Crippen molar-refractivity contribution in [1.82, 2.24) is 14.6 Å². The van der Waals surface area contributed by atoms with E-state index in [1.54, 1.807) is 0 Å². The Morgan fingerprint density at radius 2 is 1.89 bits per heavy atom. The van der Waals surface area contributed by atoms with Gasteiger partial charge in [-0.2, -0.15) is 14.6 Å². The highest BCUT2D eigenvalue weighted by Crippen LogP contribution is 2.25. The summed E-state index contributed by atoms with van der Waals surface area (Å²) < 4.78 is 12.8. The molecule has 3 aromatic rings. The first-order valence-electron chi connectivity index (χ1n) is 12.4. The van der Waals surface area contributed by atoms with Crippen molar-refractivity contribution in [3.8, 4) is 5.88 Å². The van der Waals surface area contributed by atoms with Gasteiger partial charge in [-0.15, -0.1) is 0 Å². The Morgan fingerprint density at radius 3 is 2.50 bits per heavy atom. The van der Waals surface area contributed by atoms with Gasteiger partial charge >= 0.3 is 0 Å². The Morgan fingerprint density at radius 1 is 1.14 bits per heavy atom. The number of morpholine rings is 1. The Hall–Kier alpha value is -3.71. The summed E-state index contributed by atoms with van der Waals surface area (Å²) in [6, 6.07) is 12.2. The summed E-state index contributed by atoms with van der Waals surface area (Å²) in [6.45, 7) is 11.1. The van der Waals surface area contributed by atoms with Gasteiger partial charge in [0.15, 0.2) is 11.9 Å². The molecule has 1 aliphatic rings. The van der Waals surface area contributed by atoms with Gasteiger partial charge in [-0.05, 0) is 27.2 Å². The number of allylic oxidation sites excluding steroid dienone is 6. The summed E-state index contributed by atoms with van der Waals surface area (Å²) in [4.78, 5) is 17.4. The molecule has 0 bridgehead atoms. The predicted molar refractivity (Wildman–Crippen MR) is 146 cm³/mol. The molecule has 1 saturated heterocycles. The second-order valence-corrected chi connectivity index (χ2v) is 8.45. The van der Waals surface area contributed by atoms with E-state index in [1.165, 1.54) is 11.1 Å². The Bertz CT molecular complexity index is 1200. The standard InChI is InChI=1S/C21H26N4O3.C8H10/c1-3-5-6-8-17(7-4-2)18-15-19-22-20(28-14-11-26)16-21(25(19)23-18)24-9-12-27-13-10-24;1-7-4-3-5-8(2)6-7/h4-8,11,15-16H,3,9-10,12-14H2,1-2H3;3-6H,1-2H3/b6-5+,7-4-,17-8+;. The number of nitrogens with zero attached hydrogens (tertiary/aromatic N) is 4. The minimum atomic E-state index is -0.0295. The van der Waals surface area contributed by atoms with Gasteiger partial charge < -0.3 is 14.4 Å². The first-order valence-corrected chi connectivity index (χ1v) is 12.4. The zero-order chi connectivity index (χ0) is 25.8. The zero-order valence-electron chi connectivity index (χ0n) is 21.7. The van der Waals surface area contributed by atoms with Crippen molar-refractivity contribution in [3.05, 3.63) is 83.6 Å². The molecule has 0 N–H and O–H groups in total. The maximum Gasteiger partial charge on any atom is 0.219 e. The van der Waals surface area contributed by atoms with Crippen LogP contribution in [0, 0.1) is 13.8 Å². The molecule has 2 aromatic heterocycles. The first kappa shape index (κ1) is 26.9. The maximum atomic E-state index is 10.7. The number of aldehydes is 1. The average Bonchev–Trinajstić information content (AvgIpc) is 3.31. The predicted octanol–water partition coefficient (Wildman–Crippen LogP) is 5.37. The van der Waals surface area contributed by atoms with Crippen molar-refractivity contribution >= 4 is 23.3 Å². The van der Waals surface area contributed by atoms with Crippen LogP contribution >= 0.6 is 0 Å². The molecule has 7 heteroatoms. The maximum absolute atomic E-state index is 10.7. The highest BCUT2D eigenvalue weighted by atomic mass is 16.5. The largest absolute Gasteiger partial charge is 0.470 e. The van der Waals surface area contributed by atoms with E-state index in [-0.39, 0.29) is 6.61 Å². The number of aryl methyl sites for hydroxylation is 2. The van der Waals surface area contributed by atoms with Gasteiger partial charge in [0.25, 0.3) is 0 Å². The highest BCUT2D eigenvalue weighted by Gasteiger charge is 2.19. The molecule has 0 amide bonds. The molecule has 0 saturated carbocycles. The van der Waals surface area contributed by atoms with Crippen LogP contribution in [0.25, 0.3) is 11.2 Å². The molecular formula is C29H36N4O3. The summed E-state index contributed by atoms with van der Waals surface area (Å²) >= 11 is 0. The zero-order valence-corrected chi connectivity index (χ0v) is 21.7. The third-order valence-corrected chi connectivity index (χ3v) is 5.48. The number of rotatable bonds is 8. The van der Waals surface area contributed by atoms with E-state index in [0.717, 1.165) is 42.9 Å². The number of carbonyl (C=O) groups is 1. The van der Waals surface area contributed by atoms with E-state index in [0.29, 0.717) is 24.7 Å². The molecule has 0 aliphatic carbocycles. The first-order chi connectivity index (χ1) is 17.5. The van der Waals surface area contributed by atoms with Crippen LogP contribution in [0.4, 0.5) is 5.82 Å². The van der Waals surface area contributed by atoms with Crippen LogP contribution in [0.5, 0.6) is 5.88 Å². The van der Waals surface area contributed by atoms with Crippen molar-refractivity contribution in [2.75, 3.05) is 37.8 Å². The van der Waals surface area contributed by atoms with Gasteiger partial charge in [0.2, 0.25) is 5.88 Å². The fourth-order valence-corrected chi connectivity index (χ4v) is 3.81. The van der Waals surface area contributed by atoms with Gasteiger partial charge in [0.05, 0.1) is 18.9 Å². The van der Waals surface area contributed by atoms with Crippen molar-refractivity contribution in [3.63, 3.8) is 0 Å². The van der Waals surface area contributed by atoms with Crippen molar-refractivity contribution in [2.24, 2.45) is 0 Å². The number of anilines is 1. The molecule has 0 atom stereocenters. The summed E-state index contributed by atoms with van der Waals surface area (Å²) in [6.07, 6.45) is 11.9. The van der Waals surface area contributed by atoms with Crippen molar-refractivity contribution in [2.45, 2.75) is 34.1 Å². The average molecular weight is 489 g/mol. The number of hydrogen-bond acceptors (Lipinski definition) is 6. The second kappa shape index (κ2) is 14.0. The lowest BCUT2D eigenvalue weighted by molar-refractivity contribution is -0.109. The Kier molecular flexibility index (Phi) is 10.5. The van der Waals surface area contributed by atoms with E-state index in [9.17, 15) is 4.79 Å². The van der Waals surface area contributed by atoms with E-state index in [2.05, 4.69) is 61.0 Å². The summed E-state index contributed by atoms with van der Waals surface area (Å²) in [5.41, 5.74) is 5.18. The number of hydrogen-bond donors (Lipinski definition) is 0. The summed E-state index contributed by atoms with van der Waals surface area (Å²) in [5.74, 6) is 1.29. The monoisotopic (exact) mass is 488 g/mol. The normalized spacial score (nSPS) is 14.3. The lowest BCUT2D eigenvalue weighted by Gasteiger charge is -2.29. The van der Waals surface area contributed by atoms with E-state index in [1.807, 2.05) is 47.9 Å². The van der Waals surface area contributed by atoms with Crippen molar-refractivity contribution in [1.29, 1.82) is 0 Å². The fourth-order valence-electron chi connectivity index (χ4n) is 3.81. The molecule has 3 heterocycles. The van der Waals surface area contributed by atoms with Crippen molar-refractivity contribution < 1.29 is 14.3 Å². The highest BCUT2D eigenvalue weighted by molar-refractivity contribution is 5.75. The topological polar surface area (TPSA) is 69.0 Å². The van der Waals surface area contributed by atoms with Gasteiger partial charge in [-0.25, -0.2) is 0 Å². The molecule has 1 aromatic carbocycles. The summed E-state index contributed by atoms with van der Waals surface area (Å²) in [7, 11) is 0. The third kappa shape index (κ3) is 7.65. The smallest absolute Gasteiger partial charge is 0.219 e. The van der Waals surface area contributed by atoms with Crippen LogP contribution in [0.2, 0.25) is 0 Å². The Balaban J connectivity index is 0.000000383. The third-order valence-electron chi connectivity index (χ3n) is 5.48. The molecule has 190 valence electrons. The minimum Gasteiger partial charge on any atom is -0.470 e. The molecule has 7 nitrogen and oxygen atoms in total. The number of aromatic nitrogens is 3. The second-order valence-electron chi connectivity index (χ2n) is 8.45. The molecule has 0 radical (unpaired) electrons. The quantitative estimate of drug-likeness (QED) is 0.314. The van der Waals surface area contributed by atoms with Gasteiger partial charge in [0.1, 0.15) is 12.4 Å². The van der Waals surface area contributed by atoms with Crippen LogP contribution in [-0.2, 0) is 9.53 Å². The number of fused-ring (bicyclic) bond motifs is 1. The van der Waals surface area contributed by atoms with Gasteiger partial charge in [-0.1, -0.05) is 72.7 Å². The van der Waals surface area contributed by atoms with E-state index in [4.69, 9.17) is 14.6 Å². The van der Waals surface area contributed by atoms with Gasteiger partial charge in [-0.3, -0.25) is 4.79 Å². The van der Waals surface area contributed by atoms with Crippen LogP contribution in [0.15, 0.2) is 66.8 Å².